The summed E-state index contributed by atoms with van der Waals surface area (Å²) in [6, 6.07) is 14.7. The molecule has 1 aliphatic heterocycles. The van der Waals surface area contributed by atoms with Gasteiger partial charge in [0.2, 0.25) is 21.8 Å². The normalized spacial score (nSPS) is 13.4. The molecule has 1 aliphatic rings. The van der Waals surface area contributed by atoms with E-state index >= 15 is 0 Å². The number of fused-ring (bicyclic) bond motifs is 1. The predicted octanol–water partition coefficient (Wildman–Crippen LogP) is 4.35. The maximum absolute atomic E-state index is 13.8. The molecule has 74 heavy (non-hydrogen) atoms. The van der Waals surface area contributed by atoms with Gasteiger partial charge in [0.15, 0.2) is 0 Å². The fraction of sp³-hybridized carbons (Fsp3) is 0.500. The molecule has 2 heterocycles. The summed E-state index contributed by atoms with van der Waals surface area (Å²) in [6.45, 7) is 9.78. The van der Waals surface area contributed by atoms with Crippen molar-refractivity contribution in [3.05, 3.63) is 88.6 Å². The average Bonchev–Trinajstić information content (AvgIpc) is 3.67. The maximum atomic E-state index is 13.8. The fourth-order valence-corrected chi connectivity index (χ4v) is 9.75. The quantitative estimate of drug-likeness (QED) is 0.0290. The highest BCUT2D eigenvalue weighted by molar-refractivity contribution is 7.89. The lowest BCUT2D eigenvalue weighted by Gasteiger charge is -2.21. The van der Waals surface area contributed by atoms with Crippen LogP contribution in [0.1, 0.15) is 105 Å². The smallest absolute Gasteiger partial charge is 0.408 e. The zero-order valence-corrected chi connectivity index (χ0v) is 44.2. The molecule has 2 atom stereocenters. The molecule has 3 aromatic carbocycles. The number of carbonyl (C=O) groups excluding carboxylic acids is 6. The number of nitrogens with zero attached hydrogens (tertiary/aromatic N) is 3. The Morgan fingerprint density at radius 1 is 0.851 bits per heavy atom. The summed E-state index contributed by atoms with van der Waals surface area (Å²) in [7, 11) is -1.42. The molecule has 0 saturated carbocycles. The van der Waals surface area contributed by atoms with Crippen molar-refractivity contribution >= 4 is 62.5 Å². The first kappa shape index (κ1) is 57.8. The monoisotopic (exact) mass is 1050 g/mol. The van der Waals surface area contributed by atoms with Crippen molar-refractivity contribution in [3.63, 3.8) is 0 Å². The number of alkyl carbamates (subject to hydrolysis) is 1. The zero-order valence-electron chi connectivity index (χ0n) is 43.4. The number of carbonyl (C=O) groups is 6. The molecule has 5 rings (SSSR count). The molecule has 0 aliphatic carbocycles. The molecule has 4 amide bonds. The van der Waals surface area contributed by atoms with Crippen molar-refractivity contribution in [1.29, 1.82) is 0 Å². The molecule has 4 aromatic rings. The molecule has 0 radical (unpaired) electrons. The summed E-state index contributed by atoms with van der Waals surface area (Å²) in [5.74, 6) is -1.44. The molecule has 22 heteroatoms. The van der Waals surface area contributed by atoms with Gasteiger partial charge in [0.1, 0.15) is 30.0 Å². The second kappa shape index (κ2) is 27.8. The maximum Gasteiger partial charge on any atom is 0.408 e. The second-order valence-electron chi connectivity index (χ2n) is 18.9. The number of aryl methyl sites for hydroxylation is 4. The molecule has 1 aromatic heterocycles. The number of hydrogen-bond donors (Lipinski definition) is 6. The van der Waals surface area contributed by atoms with Gasteiger partial charge < -0.3 is 45.5 Å². The Morgan fingerprint density at radius 2 is 1.58 bits per heavy atom. The van der Waals surface area contributed by atoms with Crippen molar-refractivity contribution in [2.45, 2.75) is 122 Å². The Morgan fingerprint density at radius 3 is 2.27 bits per heavy atom. The van der Waals surface area contributed by atoms with E-state index in [2.05, 4.69) is 41.4 Å². The van der Waals surface area contributed by atoms with E-state index in [9.17, 15) is 37.2 Å². The number of methoxy groups -OCH3 is 1. The highest BCUT2D eigenvalue weighted by Gasteiger charge is 2.30. The van der Waals surface area contributed by atoms with E-state index in [0.29, 0.717) is 28.9 Å². The van der Waals surface area contributed by atoms with Crippen LogP contribution in [0.5, 0.6) is 5.75 Å². The predicted molar refractivity (Wildman–Crippen MR) is 277 cm³/mol. The molecular formula is C52H71N9O12S. The van der Waals surface area contributed by atoms with Crippen LogP contribution in [-0.4, -0.2) is 124 Å². The molecule has 6 N–H and O–H groups in total. The largest absolute Gasteiger partial charge is 0.494 e. The Balaban J connectivity index is 1.06. The van der Waals surface area contributed by atoms with Gasteiger partial charge in [-0.15, -0.1) is 0 Å². The first-order chi connectivity index (χ1) is 35.2. The number of ether oxygens (including phenoxy) is 4. The molecule has 0 bridgehead atoms. The number of benzene rings is 3. The van der Waals surface area contributed by atoms with Crippen LogP contribution in [0.3, 0.4) is 0 Å². The van der Waals surface area contributed by atoms with Crippen molar-refractivity contribution in [2.75, 3.05) is 46.4 Å². The van der Waals surface area contributed by atoms with Crippen LogP contribution < -0.4 is 36.0 Å². The Bertz CT molecular complexity index is 2720. The number of rotatable bonds is 26. The van der Waals surface area contributed by atoms with Crippen LogP contribution in [0.15, 0.2) is 70.6 Å². The third-order valence-electron chi connectivity index (χ3n) is 11.6. The number of esters is 2. The number of amidine groups is 1. The van der Waals surface area contributed by atoms with Crippen LogP contribution in [0.2, 0.25) is 0 Å². The third kappa shape index (κ3) is 18.5. The lowest BCUT2D eigenvalue weighted by molar-refractivity contribution is -0.155. The molecule has 402 valence electrons. The number of aliphatic imine (C=N–C) groups is 1. The highest BCUT2D eigenvalue weighted by atomic mass is 32.2. The van der Waals surface area contributed by atoms with Crippen LogP contribution >= 0.6 is 0 Å². The van der Waals surface area contributed by atoms with E-state index in [0.717, 1.165) is 80.3 Å². The minimum atomic E-state index is -4.34. The van der Waals surface area contributed by atoms with Gasteiger partial charge in [-0.25, -0.2) is 13.2 Å². The average molecular weight is 1050 g/mol. The summed E-state index contributed by atoms with van der Waals surface area (Å²) in [4.78, 5) is 81.4. The third-order valence-corrected chi connectivity index (χ3v) is 13.4. The van der Waals surface area contributed by atoms with Crippen LogP contribution in [-0.2, 0) is 63.5 Å². The minimum absolute atomic E-state index is 0.0201. The number of aromatic nitrogens is 2. The summed E-state index contributed by atoms with van der Waals surface area (Å²) in [6.07, 6.45) is 4.18. The number of sulfonamides is 1. The van der Waals surface area contributed by atoms with Crippen molar-refractivity contribution < 1.29 is 56.1 Å². The van der Waals surface area contributed by atoms with Gasteiger partial charge in [-0.05, 0) is 114 Å². The topological polar surface area (TPSA) is 276 Å². The molecule has 0 fully saturated rings. The van der Waals surface area contributed by atoms with Crippen molar-refractivity contribution in [3.8, 4) is 5.75 Å². The van der Waals surface area contributed by atoms with E-state index in [4.69, 9.17) is 18.9 Å². The van der Waals surface area contributed by atoms with Crippen LogP contribution in [0, 0.1) is 13.8 Å². The van der Waals surface area contributed by atoms with E-state index in [1.54, 1.807) is 82.7 Å². The van der Waals surface area contributed by atoms with Gasteiger partial charge in [-0.1, -0.05) is 36.4 Å². The summed E-state index contributed by atoms with van der Waals surface area (Å²) in [5.41, 5.74) is 2.63. The molecule has 0 spiro atoms. The Labute approximate surface area is 432 Å². The van der Waals surface area contributed by atoms with Gasteiger partial charge in [-0.2, -0.15) is 9.82 Å². The fourth-order valence-electron chi connectivity index (χ4n) is 8.12. The summed E-state index contributed by atoms with van der Waals surface area (Å²) >= 11 is 0. The van der Waals surface area contributed by atoms with E-state index in [-0.39, 0.29) is 56.4 Å². The lowest BCUT2D eigenvalue weighted by Crippen LogP contribution is -2.49. The van der Waals surface area contributed by atoms with E-state index in [1.807, 2.05) is 12.1 Å². The first-order valence-electron chi connectivity index (χ1n) is 24.8. The standard InChI is InChI=1S/C52H71N9O12S/c1-34-29-38(71-28-14-19-45(62)55-26-27-56-49(65)41(22-23-46(63)73-52(3,4)5)58-51(67)72-33-36-15-9-8-10-16-36)30-35(2)47(34)74(68,69)60-42(50(66)70-7)32-57-48(64)37-20-21-39-40(59-61(6)43(39)31-37)17-13-25-54-44-18-11-12-24-53-44/h8-10,15-16,20-21,29-31,41-42,60H,11-14,17-19,22-28,32-33H2,1-7H3,(H,53,54)(H,55,62)(H,56,65)(H,57,64)(H,58,67)/t41-,42-/m0/s1. The van der Waals surface area contributed by atoms with Gasteiger partial charge in [0, 0.05) is 70.0 Å². The number of nitrogens with one attached hydrogen (secondary N) is 6. The summed E-state index contributed by atoms with van der Waals surface area (Å²) in [5, 5.41) is 19.6. The lowest BCUT2D eigenvalue weighted by atomic mass is 10.1. The van der Waals surface area contributed by atoms with Crippen LogP contribution in [0.4, 0.5) is 4.79 Å². The van der Waals surface area contributed by atoms with E-state index in [1.165, 1.54) is 12.1 Å². The SMILES string of the molecule is COC(=O)[C@H](CNC(=O)c1ccc2c(CCCNC3=NCCCC3)nn(C)c2c1)NS(=O)(=O)c1c(C)cc(OCCCC(=O)NCCNC(=O)[C@H](CCC(=O)OC(C)(C)C)NC(=O)OCc2ccccc2)cc1C. The molecular weight excluding hydrogens is 975 g/mol. The van der Waals surface area contributed by atoms with Gasteiger partial charge in [-0.3, -0.25) is 33.6 Å². The second-order valence-corrected chi connectivity index (χ2v) is 20.5. The Hall–Kier alpha value is -7.07. The zero-order chi connectivity index (χ0) is 53.8. The van der Waals surface area contributed by atoms with Crippen molar-refractivity contribution in [2.24, 2.45) is 12.0 Å². The molecule has 21 nitrogen and oxygen atoms in total. The summed E-state index contributed by atoms with van der Waals surface area (Å²) < 4.78 is 53.1. The van der Waals surface area contributed by atoms with Crippen molar-refractivity contribution in [1.82, 2.24) is 41.1 Å². The first-order valence-corrected chi connectivity index (χ1v) is 26.3. The van der Waals surface area contributed by atoms with Gasteiger partial charge in [0.25, 0.3) is 5.91 Å². The molecule has 0 saturated heterocycles. The Kier molecular flexibility index (Phi) is 21.8. The van der Waals surface area contributed by atoms with E-state index < -0.39 is 64.1 Å². The minimum Gasteiger partial charge on any atom is -0.494 e. The number of hydrogen-bond acceptors (Lipinski definition) is 15. The number of amides is 4. The highest BCUT2D eigenvalue weighted by Crippen LogP contribution is 2.27. The molecule has 0 unspecified atom stereocenters. The van der Waals surface area contributed by atoms with Gasteiger partial charge >= 0.3 is 18.0 Å². The van der Waals surface area contributed by atoms with Crippen LogP contribution in [0.25, 0.3) is 10.9 Å². The van der Waals surface area contributed by atoms with Gasteiger partial charge in [0.05, 0.1) is 35.7 Å².